The van der Waals surface area contributed by atoms with E-state index in [1.54, 1.807) is 13.8 Å². The van der Waals surface area contributed by atoms with Gasteiger partial charge in [0.05, 0.1) is 18.1 Å². The molecule has 1 saturated carbocycles. The van der Waals surface area contributed by atoms with Crippen LogP contribution < -0.4 is 5.32 Å². The van der Waals surface area contributed by atoms with E-state index in [4.69, 9.17) is 5.11 Å². The number of carbonyl (C=O) groups is 2. The fourth-order valence-corrected chi connectivity index (χ4v) is 5.06. The molecule has 0 spiro atoms. The van der Waals surface area contributed by atoms with Crippen LogP contribution in [0.4, 0.5) is 0 Å². The molecular weight excluding hydrogens is 406 g/mol. The molecule has 2 rings (SSSR count). The van der Waals surface area contributed by atoms with Crippen LogP contribution in [0, 0.1) is 17.3 Å². The summed E-state index contributed by atoms with van der Waals surface area (Å²) in [6.07, 6.45) is 3.12. The Morgan fingerprint density at radius 3 is 2.41 bits per heavy atom. The van der Waals surface area contributed by atoms with E-state index in [2.05, 4.69) is 12.2 Å². The number of benzene rings is 1. The van der Waals surface area contributed by atoms with Gasteiger partial charge >= 0.3 is 5.97 Å². The highest BCUT2D eigenvalue weighted by Crippen LogP contribution is 2.38. The number of amides is 1. The lowest BCUT2D eigenvalue weighted by Crippen LogP contribution is -2.45. The summed E-state index contributed by atoms with van der Waals surface area (Å²) in [5, 5.41) is 34.2. The van der Waals surface area contributed by atoms with Crippen LogP contribution >= 0.6 is 0 Å². The Labute approximate surface area is 192 Å². The molecule has 0 unspecified atom stereocenters. The molecule has 4 N–H and O–H groups in total. The zero-order valence-corrected chi connectivity index (χ0v) is 20.0. The molecule has 180 valence electrons. The standard InChI is InChI=1S/C26H41NO5/c1-18-10-11-21(17-27-23(29)15-25(2,3)16-24(30)31)26(4,32)14-20(13-22(28)12-18)19-8-6-5-7-9-19/h5-9,18,20-22,28,32H,10-17H2,1-4H3,(H,27,29)(H,30,31)/t18-,20-,21-,22+,26+/m1/s1. The minimum atomic E-state index is -1.01. The van der Waals surface area contributed by atoms with Gasteiger partial charge in [-0.3, -0.25) is 9.59 Å². The smallest absolute Gasteiger partial charge is 0.303 e. The van der Waals surface area contributed by atoms with Crippen molar-refractivity contribution in [2.75, 3.05) is 6.54 Å². The summed E-state index contributed by atoms with van der Waals surface area (Å²) in [5.41, 5.74) is -0.530. The Bertz CT molecular complexity index is 746. The van der Waals surface area contributed by atoms with E-state index in [-0.39, 0.29) is 30.6 Å². The number of aliphatic hydroxyl groups excluding tert-OH is 1. The second-order valence-electron chi connectivity index (χ2n) is 10.9. The van der Waals surface area contributed by atoms with E-state index in [1.165, 1.54) is 0 Å². The number of aliphatic carboxylic acids is 1. The van der Waals surface area contributed by atoms with Crippen molar-refractivity contribution in [1.29, 1.82) is 0 Å². The summed E-state index contributed by atoms with van der Waals surface area (Å²) in [7, 11) is 0. The number of hydrogen-bond acceptors (Lipinski definition) is 4. The highest BCUT2D eigenvalue weighted by Gasteiger charge is 2.37. The minimum absolute atomic E-state index is 0.0270. The first-order valence-electron chi connectivity index (χ1n) is 11.8. The van der Waals surface area contributed by atoms with Crippen LogP contribution in [0.2, 0.25) is 0 Å². The molecule has 1 fully saturated rings. The first kappa shape index (κ1) is 26.3. The maximum Gasteiger partial charge on any atom is 0.303 e. The number of carboxylic acids is 1. The van der Waals surface area contributed by atoms with Gasteiger partial charge in [-0.25, -0.2) is 0 Å². The lowest BCUT2D eigenvalue weighted by molar-refractivity contribution is -0.139. The number of nitrogens with one attached hydrogen (secondary N) is 1. The second kappa shape index (κ2) is 11.3. The lowest BCUT2D eigenvalue weighted by atomic mass is 9.73. The highest BCUT2D eigenvalue weighted by molar-refractivity contribution is 5.77. The van der Waals surface area contributed by atoms with Crippen LogP contribution in [-0.2, 0) is 9.59 Å². The van der Waals surface area contributed by atoms with Crippen molar-refractivity contribution in [2.45, 2.75) is 90.3 Å². The molecule has 6 nitrogen and oxygen atoms in total. The van der Waals surface area contributed by atoms with Gasteiger partial charge in [0.2, 0.25) is 5.91 Å². The molecule has 0 saturated heterocycles. The van der Waals surface area contributed by atoms with Gasteiger partial charge in [0.1, 0.15) is 0 Å². The summed E-state index contributed by atoms with van der Waals surface area (Å²) in [6.45, 7) is 7.87. The number of carboxylic acid groups (broad SMARTS) is 1. The molecule has 6 heteroatoms. The predicted octanol–water partition coefficient (Wildman–Crippen LogP) is 4.11. The maximum atomic E-state index is 12.5. The molecular formula is C26H41NO5. The van der Waals surface area contributed by atoms with Crippen molar-refractivity contribution >= 4 is 11.9 Å². The zero-order chi connectivity index (χ0) is 23.9. The maximum absolute atomic E-state index is 12.5. The van der Waals surface area contributed by atoms with Gasteiger partial charge in [0, 0.05) is 18.9 Å². The normalized spacial score (nSPS) is 29.8. The molecule has 1 aromatic carbocycles. The van der Waals surface area contributed by atoms with Crippen LogP contribution in [0.3, 0.4) is 0 Å². The summed E-state index contributed by atoms with van der Waals surface area (Å²) >= 11 is 0. The molecule has 1 aliphatic rings. The van der Waals surface area contributed by atoms with Crippen LogP contribution in [0.25, 0.3) is 0 Å². The molecule has 1 amide bonds. The van der Waals surface area contributed by atoms with Gasteiger partial charge in [-0.1, -0.05) is 57.5 Å². The molecule has 1 aromatic rings. The Morgan fingerprint density at radius 2 is 1.78 bits per heavy atom. The van der Waals surface area contributed by atoms with Gasteiger partial charge in [-0.15, -0.1) is 0 Å². The van der Waals surface area contributed by atoms with E-state index < -0.39 is 23.1 Å². The van der Waals surface area contributed by atoms with Crippen molar-refractivity contribution in [2.24, 2.45) is 17.3 Å². The second-order valence-corrected chi connectivity index (χ2v) is 10.9. The van der Waals surface area contributed by atoms with E-state index in [0.29, 0.717) is 25.3 Å². The molecule has 0 radical (unpaired) electrons. The summed E-state index contributed by atoms with van der Waals surface area (Å²) < 4.78 is 0. The van der Waals surface area contributed by atoms with E-state index >= 15 is 0 Å². The molecule has 0 aromatic heterocycles. The van der Waals surface area contributed by atoms with Crippen LogP contribution in [0.1, 0.15) is 84.1 Å². The van der Waals surface area contributed by atoms with E-state index in [0.717, 1.165) is 24.8 Å². The van der Waals surface area contributed by atoms with E-state index in [1.807, 2.05) is 37.3 Å². The van der Waals surface area contributed by atoms with Gasteiger partial charge in [0.15, 0.2) is 0 Å². The third-order valence-corrected chi connectivity index (χ3v) is 6.86. The largest absolute Gasteiger partial charge is 0.481 e. The van der Waals surface area contributed by atoms with Crippen LogP contribution in [-0.4, -0.2) is 45.4 Å². The van der Waals surface area contributed by atoms with Gasteiger partial charge in [-0.05, 0) is 55.4 Å². The third-order valence-electron chi connectivity index (χ3n) is 6.86. The summed E-state index contributed by atoms with van der Waals surface area (Å²) in [4.78, 5) is 23.6. The minimum Gasteiger partial charge on any atom is -0.481 e. The average Bonchev–Trinajstić information content (AvgIpc) is 2.65. The highest BCUT2D eigenvalue weighted by atomic mass is 16.4. The Hall–Kier alpha value is -1.92. The molecule has 0 aliphatic heterocycles. The molecule has 32 heavy (non-hydrogen) atoms. The SMILES string of the molecule is C[C@@H]1CC[C@H](CNC(=O)CC(C)(C)CC(=O)O)[C@@](C)(O)C[C@H](c2ccccc2)C[C@@H](O)C1. The van der Waals surface area contributed by atoms with Crippen molar-refractivity contribution in [3.05, 3.63) is 35.9 Å². The van der Waals surface area contributed by atoms with Gasteiger partial charge in [-0.2, -0.15) is 0 Å². The van der Waals surface area contributed by atoms with Crippen molar-refractivity contribution in [3.63, 3.8) is 0 Å². The number of hydrogen-bond donors (Lipinski definition) is 4. The van der Waals surface area contributed by atoms with Crippen LogP contribution in [0.5, 0.6) is 0 Å². The van der Waals surface area contributed by atoms with Crippen LogP contribution in [0.15, 0.2) is 30.3 Å². The Morgan fingerprint density at radius 1 is 1.12 bits per heavy atom. The number of rotatable bonds is 7. The summed E-state index contributed by atoms with van der Waals surface area (Å²) in [5.74, 6) is -0.881. The Kier molecular flexibility index (Phi) is 9.28. The fraction of sp³-hybridized carbons (Fsp3) is 0.692. The zero-order valence-electron chi connectivity index (χ0n) is 20.0. The van der Waals surface area contributed by atoms with Gasteiger partial charge in [0.25, 0.3) is 0 Å². The van der Waals surface area contributed by atoms with Crippen molar-refractivity contribution < 1.29 is 24.9 Å². The number of carbonyl (C=O) groups excluding carboxylic acids is 1. The predicted molar refractivity (Wildman–Crippen MR) is 125 cm³/mol. The third kappa shape index (κ3) is 8.55. The van der Waals surface area contributed by atoms with Crippen molar-refractivity contribution in [3.8, 4) is 0 Å². The molecule has 5 atom stereocenters. The quantitative estimate of drug-likeness (QED) is 0.503. The molecule has 1 aliphatic carbocycles. The number of aliphatic hydroxyl groups is 2. The monoisotopic (exact) mass is 447 g/mol. The first-order valence-corrected chi connectivity index (χ1v) is 11.8. The first-order chi connectivity index (χ1) is 14.9. The lowest BCUT2D eigenvalue weighted by Gasteiger charge is -2.39. The van der Waals surface area contributed by atoms with Gasteiger partial charge < -0.3 is 20.6 Å². The fourth-order valence-electron chi connectivity index (χ4n) is 5.06. The molecule has 0 bridgehead atoms. The Balaban J connectivity index is 2.12. The van der Waals surface area contributed by atoms with Crippen molar-refractivity contribution in [1.82, 2.24) is 5.32 Å². The van der Waals surface area contributed by atoms with E-state index in [9.17, 15) is 19.8 Å². The summed E-state index contributed by atoms with van der Waals surface area (Å²) in [6, 6.07) is 10.0. The topological polar surface area (TPSA) is 107 Å². The molecule has 0 heterocycles. The average molecular weight is 448 g/mol.